The lowest BCUT2D eigenvalue weighted by molar-refractivity contribution is -0.185. The van der Waals surface area contributed by atoms with Gasteiger partial charge in [0.1, 0.15) is 52.8 Å². The molecule has 0 radical (unpaired) electrons. The molecule has 3 aliphatic heterocycles. The fourth-order valence-corrected chi connectivity index (χ4v) is 10.7. The number of aliphatic hydroxyl groups is 2. The number of amides is 9. The van der Waals surface area contributed by atoms with Crippen molar-refractivity contribution >= 4 is 93.8 Å². The van der Waals surface area contributed by atoms with Gasteiger partial charge in [-0.05, 0) is 125 Å². The van der Waals surface area contributed by atoms with Gasteiger partial charge < -0.3 is 71.3 Å². The predicted octanol–water partition coefficient (Wildman–Crippen LogP) is 4.12. The lowest BCUT2D eigenvalue weighted by Crippen LogP contribution is -2.64. The van der Waals surface area contributed by atoms with Crippen LogP contribution in [0, 0.1) is 17.8 Å². The topological polar surface area (TPSA) is 339 Å². The Bertz CT molecular complexity index is 2960. The Kier molecular flexibility index (Phi) is 25.2. The van der Waals surface area contributed by atoms with E-state index >= 15 is 0 Å². The van der Waals surface area contributed by atoms with Gasteiger partial charge in [-0.15, -0.1) is 0 Å². The average Bonchev–Trinajstić information content (AvgIpc) is 2.64. The van der Waals surface area contributed by atoms with Crippen LogP contribution in [-0.4, -0.2) is 174 Å². The van der Waals surface area contributed by atoms with E-state index in [1.54, 1.807) is 52.0 Å². The van der Waals surface area contributed by atoms with Gasteiger partial charge in [-0.1, -0.05) is 63.1 Å². The van der Waals surface area contributed by atoms with Crippen LogP contribution in [-0.2, 0) is 49.4 Å². The normalized spacial score (nSPS) is 24.5. The molecule has 2 aromatic rings. The van der Waals surface area contributed by atoms with Gasteiger partial charge in [0.25, 0.3) is 17.7 Å². The number of imide groups is 1. The third-order valence-corrected chi connectivity index (χ3v) is 16.7. The summed E-state index contributed by atoms with van der Waals surface area (Å²) in [7, 11) is 5.65. The molecule has 2 aromatic carbocycles. The Morgan fingerprint density at radius 3 is 2.23 bits per heavy atom. The predicted molar refractivity (Wildman–Crippen MR) is 328 cm³/mol. The SMILES string of the molecule is COc1cc2cc(c1Cl)N(C)C(=O)C[C@H](OC(=O)[C@H](C)N(C)C(=O)c1ccc(NC(=O)[C@H](CCCNC(N)=O)NC(=O)[C@@H](NC(=S)NCCCCN3C(=O)C=CC3=O)C(C)C)cc1)[C@](C)(O)[C@@H](C)[C@H](C)[C@@H]1C[C@@](O)(NC(=O)O1)[C@H](OC)/C=C/C=C(\C)C2. The Labute approximate surface area is 517 Å². The van der Waals surface area contributed by atoms with E-state index in [2.05, 4.69) is 31.9 Å². The minimum Gasteiger partial charge on any atom is -0.495 e. The largest absolute Gasteiger partial charge is 0.495 e. The second kappa shape index (κ2) is 31.3. The molecule has 87 heavy (non-hydrogen) atoms. The van der Waals surface area contributed by atoms with Gasteiger partial charge >= 0.3 is 18.1 Å². The maximum Gasteiger partial charge on any atom is 0.409 e. The molecule has 25 nitrogen and oxygen atoms in total. The van der Waals surface area contributed by atoms with Crippen molar-refractivity contribution in [3.63, 3.8) is 0 Å². The summed E-state index contributed by atoms with van der Waals surface area (Å²) in [5, 5.41) is 41.4. The van der Waals surface area contributed by atoms with Gasteiger partial charge in [-0.25, -0.2) is 14.4 Å². The highest BCUT2D eigenvalue weighted by Crippen LogP contribution is 2.40. The number of rotatable bonds is 21. The summed E-state index contributed by atoms with van der Waals surface area (Å²) in [6, 6.07) is 5.03. The maximum absolute atomic E-state index is 14.5. The van der Waals surface area contributed by atoms with Crippen molar-refractivity contribution in [2.45, 2.75) is 141 Å². The molecule has 3 aliphatic rings. The van der Waals surface area contributed by atoms with E-state index in [1.165, 1.54) is 83.5 Å². The molecule has 27 heteroatoms. The summed E-state index contributed by atoms with van der Waals surface area (Å²) in [4.78, 5) is 123. The number of likely N-dealkylation sites (N-methyl/N-ethyl adjacent to an activating group) is 1. The number of nitrogens with one attached hydrogen (secondary N) is 6. The van der Waals surface area contributed by atoms with E-state index in [0.29, 0.717) is 31.4 Å². The number of nitrogens with two attached hydrogens (primary N) is 1. The van der Waals surface area contributed by atoms with Crippen LogP contribution in [0.4, 0.5) is 21.0 Å². The van der Waals surface area contributed by atoms with Crippen LogP contribution in [0.2, 0.25) is 5.02 Å². The molecule has 476 valence electrons. The molecule has 0 spiro atoms. The zero-order valence-electron chi connectivity index (χ0n) is 51.0. The molecule has 1 fully saturated rings. The average molecular weight is 1250 g/mol. The van der Waals surface area contributed by atoms with Crippen molar-refractivity contribution in [3.05, 3.63) is 88.5 Å². The number of urea groups is 1. The number of ether oxygens (including phenoxy) is 4. The second-order valence-corrected chi connectivity index (χ2v) is 23.4. The van der Waals surface area contributed by atoms with Crippen LogP contribution in [0.1, 0.15) is 103 Å². The number of carbonyl (C=O) groups excluding carboxylic acids is 9. The van der Waals surface area contributed by atoms with Gasteiger partial charge in [-0.2, -0.15) is 0 Å². The van der Waals surface area contributed by atoms with E-state index in [0.717, 1.165) is 15.4 Å². The number of hydrogen-bond donors (Lipinski definition) is 9. The molecule has 4 bridgehead atoms. The number of carbonyl (C=O) groups is 9. The van der Waals surface area contributed by atoms with Crippen molar-refractivity contribution < 1.29 is 72.3 Å². The van der Waals surface area contributed by atoms with Crippen molar-refractivity contribution in [1.82, 2.24) is 36.4 Å². The van der Waals surface area contributed by atoms with Crippen LogP contribution >= 0.6 is 23.8 Å². The Balaban J connectivity index is 1.32. The summed E-state index contributed by atoms with van der Waals surface area (Å²) in [5.74, 6) is -5.93. The first-order valence-corrected chi connectivity index (χ1v) is 29.4. The number of thiocarbonyl (C=S) groups is 1. The lowest BCUT2D eigenvalue weighted by Gasteiger charge is -2.46. The number of unbranched alkanes of at least 4 members (excludes halogenated alkanes) is 1. The van der Waals surface area contributed by atoms with Crippen molar-refractivity contribution in [3.8, 4) is 5.75 Å². The van der Waals surface area contributed by atoms with E-state index < -0.39 is 108 Å². The molecule has 3 heterocycles. The molecule has 0 aliphatic carbocycles. The van der Waals surface area contributed by atoms with Crippen LogP contribution < -0.4 is 47.3 Å². The van der Waals surface area contributed by atoms with E-state index in [9.17, 15) is 53.4 Å². The number of anilines is 2. The molecule has 9 amide bonds. The number of fused-ring (bicyclic) bond motifs is 4. The van der Waals surface area contributed by atoms with E-state index in [4.69, 9.17) is 48.5 Å². The van der Waals surface area contributed by atoms with Crippen LogP contribution in [0.3, 0.4) is 0 Å². The van der Waals surface area contributed by atoms with Crippen LogP contribution in [0.5, 0.6) is 5.75 Å². The number of methoxy groups -OCH3 is 2. The second-order valence-electron chi connectivity index (χ2n) is 22.7. The summed E-state index contributed by atoms with van der Waals surface area (Å²) >= 11 is 12.3. The monoisotopic (exact) mass is 1250 g/mol. The summed E-state index contributed by atoms with van der Waals surface area (Å²) < 4.78 is 23.1. The summed E-state index contributed by atoms with van der Waals surface area (Å²) in [5.41, 5.74) is 3.36. The number of hydrogen-bond acceptors (Lipinski definition) is 16. The Morgan fingerprint density at radius 2 is 1.61 bits per heavy atom. The molecule has 10 N–H and O–H groups in total. The van der Waals surface area contributed by atoms with Gasteiger partial charge in [0.05, 0.1) is 19.2 Å². The minimum absolute atomic E-state index is 0.0673. The zero-order valence-corrected chi connectivity index (χ0v) is 52.6. The summed E-state index contributed by atoms with van der Waals surface area (Å²) in [6.45, 7) is 12.3. The zero-order chi connectivity index (χ0) is 64.7. The quantitative estimate of drug-likeness (QED) is 0.0367. The molecule has 10 atom stereocenters. The number of alkyl carbamates (subject to hydrolysis) is 1. The smallest absolute Gasteiger partial charge is 0.409 e. The number of halogens is 1. The fraction of sp³-hybridized carbons (Fsp3) is 0.533. The van der Waals surface area contributed by atoms with Gasteiger partial charge in [0, 0.05) is 70.7 Å². The van der Waals surface area contributed by atoms with Gasteiger partial charge in [0.2, 0.25) is 17.7 Å². The highest BCUT2D eigenvalue weighted by atomic mass is 35.5. The fourth-order valence-electron chi connectivity index (χ4n) is 10.2. The number of esters is 1. The molecule has 0 aromatic heterocycles. The number of primary amides is 1. The van der Waals surface area contributed by atoms with E-state index in [1.807, 2.05) is 13.0 Å². The lowest BCUT2D eigenvalue weighted by atomic mass is 9.73. The van der Waals surface area contributed by atoms with Crippen molar-refractivity contribution in [1.29, 1.82) is 0 Å². The minimum atomic E-state index is -2.07. The maximum atomic E-state index is 14.5. The first-order chi connectivity index (χ1) is 40.9. The van der Waals surface area contributed by atoms with Crippen molar-refractivity contribution in [2.75, 3.05) is 58.2 Å². The third kappa shape index (κ3) is 18.7. The Morgan fingerprint density at radius 1 is 0.954 bits per heavy atom. The number of allylic oxidation sites excluding steroid dienone is 3. The summed E-state index contributed by atoms with van der Waals surface area (Å²) in [6.07, 6.45) is 3.84. The van der Waals surface area contributed by atoms with Crippen LogP contribution in [0.15, 0.2) is 72.4 Å². The highest BCUT2D eigenvalue weighted by molar-refractivity contribution is 7.80. The first kappa shape index (κ1) is 70.1. The van der Waals surface area contributed by atoms with Gasteiger partial charge in [-0.3, -0.25) is 39.0 Å². The Hall–Kier alpha value is -7.65. The van der Waals surface area contributed by atoms with Crippen LogP contribution in [0.25, 0.3) is 0 Å². The highest BCUT2D eigenvalue weighted by Gasteiger charge is 2.51. The molecular weight excluding hydrogens is 1170 g/mol. The number of nitrogens with zero attached hydrogens (tertiary/aromatic N) is 3. The molecule has 1 saturated heterocycles. The number of benzene rings is 2. The molecule has 0 unspecified atom stereocenters. The standard InChI is InChI=1S/C60H83ClN10O15S/c1-33(2)51(67-57(87)64-25-12-13-27-71-47(72)23-24-48(71)73)53(76)66-41(17-15-26-63-56(62)79)52(75)65-40-21-19-39(20-22-40)54(77)69(8)37(6)55(78)86-46-31-49(74)70(9)42-29-38(30-43(83-10)50(42)61)28-34(3)16-14-18-45(84-11)60(82)32-44(85-58(80)68-60)35(4)36(5)59(46,7)81/h14,16,18-24,29-30,33,35-37,41,44-46,51,81-82H,12-13,15,17,25-28,31-32H2,1-11H3,(H,65,75)(H,66,76)(H,68,80)(H3,62,63,79)(H2,64,67,87)/b18-14+,34-16+/t35-,36-,37-,41-,44-,45+,46-,51-,59+,60-/m0/s1. The first-order valence-electron chi connectivity index (χ1n) is 28.7. The van der Waals surface area contributed by atoms with Gasteiger partial charge in [0.15, 0.2) is 10.8 Å². The molecular formula is C60H83ClN10O15S. The van der Waals surface area contributed by atoms with Crippen molar-refractivity contribution in [2.24, 2.45) is 23.5 Å². The molecule has 0 saturated carbocycles. The molecule has 5 rings (SSSR count). The third-order valence-electron chi connectivity index (χ3n) is 16.0. The van der Waals surface area contributed by atoms with E-state index in [-0.39, 0.29) is 82.9 Å².